The molecule has 1 unspecified atom stereocenters. The van der Waals surface area contributed by atoms with Crippen molar-refractivity contribution in [3.05, 3.63) is 51.7 Å². The topological polar surface area (TPSA) is 21.3 Å². The smallest absolute Gasteiger partial charge is 0.119 e. The van der Waals surface area contributed by atoms with Crippen molar-refractivity contribution in [2.75, 3.05) is 6.54 Å². The normalized spacial score (nSPS) is 12.6. The summed E-state index contributed by atoms with van der Waals surface area (Å²) in [7, 11) is 0. The van der Waals surface area contributed by atoms with Crippen LogP contribution in [0.4, 0.5) is 0 Å². The van der Waals surface area contributed by atoms with Gasteiger partial charge in [-0.3, -0.25) is 0 Å². The number of hydrogen-bond donors (Lipinski definition) is 1. The number of aryl methyl sites for hydroxylation is 1. The average molecular weight is 303 g/mol. The third-order valence-corrected chi connectivity index (χ3v) is 4.60. The molecular formula is C18H25NOS. The first-order chi connectivity index (χ1) is 10.1. The van der Waals surface area contributed by atoms with Crippen molar-refractivity contribution in [3.63, 3.8) is 0 Å². The lowest BCUT2D eigenvalue weighted by molar-refractivity contribution is 0.242. The van der Waals surface area contributed by atoms with Crippen molar-refractivity contribution < 1.29 is 4.74 Å². The van der Waals surface area contributed by atoms with E-state index >= 15 is 0 Å². The van der Waals surface area contributed by atoms with E-state index in [1.165, 1.54) is 15.3 Å². The van der Waals surface area contributed by atoms with Crippen LogP contribution in [0.5, 0.6) is 5.75 Å². The highest BCUT2D eigenvalue weighted by Crippen LogP contribution is 2.30. The van der Waals surface area contributed by atoms with Crippen LogP contribution in [0.15, 0.2) is 36.4 Å². The number of ether oxygens (including phenoxy) is 1. The molecule has 0 aliphatic carbocycles. The van der Waals surface area contributed by atoms with E-state index in [1.54, 1.807) is 0 Å². The van der Waals surface area contributed by atoms with Crippen molar-refractivity contribution in [1.82, 2.24) is 5.32 Å². The van der Waals surface area contributed by atoms with Crippen molar-refractivity contribution in [1.29, 1.82) is 0 Å². The third-order valence-electron chi connectivity index (χ3n) is 3.31. The summed E-state index contributed by atoms with van der Waals surface area (Å²) in [6.45, 7) is 9.41. The highest BCUT2D eigenvalue weighted by atomic mass is 32.1. The Kier molecular flexibility index (Phi) is 5.83. The minimum Gasteiger partial charge on any atom is -0.491 e. The molecular weight excluding hydrogens is 278 g/mol. The van der Waals surface area contributed by atoms with Crippen LogP contribution in [-0.2, 0) is 6.42 Å². The van der Waals surface area contributed by atoms with Crippen LogP contribution < -0.4 is 10.1 Å². The zero-order chi connectivity index (χ0) is 15.2. The molecule has 2 aromatic rings. The maximum Gasteiger partial charge on any atom is 0.119 e. The van der Waals surface area contributed by atoms with E-state index in [1.807, 2.05) is 25.2 Å². The lowest BCUT2D eigenvalue weighted by Crippen LogP contribution is -2.21. The molecule has 0 fully saturated rings. The Labute approximate surface area is 132 Å². The highest BCUT2D eigenvalue weighted by Gasteiger charge is 2.15. The maximum absolute atomic E-state index is 5.72. The summed E-state index contributed by atoms with van der Waals surface area (Å²) >= 11 is 1.90. The fraction of sp³-hybridized carbons (Fsp3) is 0.444. The number of nitrogens with one attached hydrogen (secondary N) is 1. The van der Waals surface area contributed by atoms with E-state index in [-0.39, 0.29) is 12.1 Å². The fourth-order valence-corrected chi connectivity index (χ4v) is 3.39. The van der Waals surface area contributed by atoms with Gasteiger partial charge in [-0.15, -0.1) is 11.3 Å². The van der Waals surface area contributed by atoms with Gasteiger partial charge in [-0.1, -0.05) is 26.0 Å². The minimum atomic E-state index is 0.213. The molecule has 0 aliphatic rings. The summed E-state index contributed by atoms with van der Waals surface area (Å²) in [5.41, 5.74) is 1.29. The molecule has 1 aromatic carbocycles. The summed E-state index contributed by atoms with van der Waals surface area (Å²) in [4.78, 5) is 2.82. The summed E-state index contributed by atoms with van der Waals surface area (Å²) < 4.78 is 5.72. The Morgan fingerprint density at radius 1 is 1.05 bits per heavy atom. The SMILES string of the molecule is CCNC(c1ccc(OC(C)C)cc1)c1ccc(CC)s1. The molecule has 114 valence electrons. The number of hydrogen-bond acceptors (Lipinski definition) is 3. The Balaban J connectivity index is 2.21. The number of thiophene rings is 1. The second kappa shape index (κ2) is 7.62. The van der Waals surface area contributed by atoms with Crippen molar-refractivity contribution in [2.45, 2.75) is 46.3 Å². The Bertz CT molecular complexity index is 545. The molecule has 0 spiro atoms. The van der Waals surface area contributed by atoms with Gasteiger partial charge >= 0.3 is 0 Å². The first kappa shape index (κ1) is 16.1. The number of benzene rings is 1. The van der Waals surface area contributed by atoms with Gasteiger partial charge in [-0.25, -0.2) is 0 Å². The van der Waals surface area contributed by atoms with Gasteiger partial charge in [-0.05, 0) is 56.6 Å². The molecule has 1 N–H and O–H groups in total. The van der Waals surface area contributed by atoms with Gasteiger partial charge in [0.2, 0.25) is 0 Å². The van der Waals surface area contributed by atoms with Gasteiger partial charge in [0.05, 0.1) is 12.1 Å². The van der Waals surface area contributed by atoms with Crippen LogP contribution in [0.25, 0.3) is 0 Å². The van der Waals surface area contributed by atoms with Crippen LogP contribution >= 0.6 is 11.3 Å². The third kappa shape index (κ3) is 4.32. The lowest BCUT2D eigenvalue weighted by atomic mass is 10.1. The standard InChI is InChI=1S/C18H25NOS/c1-5-16-11-12-17(21-16)18(19-6-2)14-7-9-15(10-8-14)20-13(3)4/h7-13,18-19H,5-6H2,1-4H3. The van der Waals surface area contributed by atoms with Crippen LogP contribution in [-0.4, -0.2) is 12.6 Å². The van der Waals surface area contributed by atoms with Gasteiger partial charge in [-0.2, -0.15) is 0 Å². The van der Waals surface area contributed by atoms with Crippen LogP contribution in [0.3, 0.4) is 0 Å². The van der Waals surface area contributed by atoms with Crippen molar-refractivity contribution in [3.8, 4) is 5.75 Å². The molecule has 2 nitrogen and oxygen atoms in total. The Morgan fingerprint density at radius 2 is 1.76 bits per heavy atom. The van der Waals surface area contributed by atoms with E-state index in [9.17, 15) is 0 Å². The van der Waals surface area contributed by atoms with E-state index in [0.29, 0.717) is 0 Å². The van der Waals surface area contributed by atoms with Gasteiger partial charge in [0.25, 0.3) is 0 Å². The van der Waals surface area contributed by atoms with Crippen molar-refractivity contribution >= 4 is 11.3 Å². The number of rotatable bonds is 7. The Hall–Kier alpha value is -1.32. The molecule has 0 aliphatic heterocycles. The maximum atomic E-state index is 5.72. The van der Waals surface area contributed by atoms with E-state index in [4.69, 9.17) is 4.74 Å². The predicted octanol–water partition coefficient (Wildman–Crippen LogP) is 4.80. The van der Waals surface area contributed by atoms with Crippen LogP contribution in [0, 0.1) is 0 Å². The average Bonchev–Trinajstić information content (AvgIpc) is 2.94. The lowest BCUT2D eigenvalue weighted by Gasteiger charge is -2.18. The van der Waals surface area contributed by atoms with Crippen LogP contribution in [0.1, 0.15) is 49.1 Å². The molecule has 0 amide bonds. The van der Waals surface area contributed by atoms with Gasteiger partial charge in [0.15, 0.2) is 0 Å². The summed E-state index contributed by atoms with van der Waals surface area (Å²) in [5.74, 6) is 0.935. The molecule has 0 saturated carbocycles. The molecule has 0 bridgehead atoms. The quantitative estimate of drug-likeness (QED) is 0.793. The molecule has 1 aromatic heterocycles. The van der Waals surface area contributed by atoms with Gasteiger partial charge < -0.3 is 10.1 Å². The summed E-state index contributed by atoms with van der Waals surface area (Å²) in [5, 5.41) is 3.58. The van der Waals surface area contributed by atoms with Crippen LogP contribution in [0.2, 0.25) is 0 Å². The van der Waals surface area contributed by atoms with E-state index < -0.39 is 0 Å². The van der Waals surface area contributed by atoms with E-state index in [0.717, 1.165) is 18.7 Å². The molecule has 0 saturated heterocycles. The van der Waals surface area contributed by atoms with Gasteiger partial charge in [0, 0.05) is 9.75 Å². The summed E-state index contributed by atoms with van der Waals surface area (Å²) in [6.07, 6.45) is 1.31. The zero-order valence-corrected chi connectivity index (χ0v) is 14.2. The molecule has 1 heterocycles. The molecule has 2 rings (SSSR count). The second-order valence-electron chi connectivity index (χ2n) is 5.38. The monoisotopic (exact) mass is 303 g/mol. The predicted molar refractivity (Wildman–Crippen MR) is 91.4 cm³/mol. The molecule has 21 heavy (non-hydrogen) atoms. The van der Waals surface area contributed by atoms with E-state index in [2.05, 4.69) is 55.6 Å². The first-order valence-corrected chi connectivity index (χ1v) is 8.54. The molecule has 0 radical (unpaired) electrons. The molecule has 3 heteroatoms. The van der Waals surface area contributed by atoms with Crippen molar-refractivity contribution in [2.24, 2.45) is 0 Å². The second-order valence-corrected chi connectivity index (χ2v) is 6.58. The molecule has 1 atom stereocenters. The zero-order valence-electron chi connectivity index (χ0n) is 13.3. The largest absolute Gasteiger partial charge is 0.491 e. The highest BCUT2D eigenvalue weighted by molar-refractivity contribution is 7.12. The fourth-order valence-electron chi connectivity index (χ4n) is 2.34. The Morgan fingerprint density at radius 3 is 2.29 bits per heavy atom. The minimum absolute atomic E-state index is 0.213. The first-order valence-electron chi connectivity index (χ1n) is 7.72. The van der Waals surface area contributed by atoms with Gasteiger partial charge in [0.1, 0.15) is 5.75 Å². The summed E-state index contributed by atoms with van der Waals surface area (Å²) in [6, 6.07) is 13.2.